The van der Waals surface area contributed by atoms with E-state index in [1.165, 1.54) is 17.5 Å². The van der Waals surface area contributed by atoms with Gasteiger partial charge in [0.05, 0.1) is 6.42 Å². The van der Waals surface area contributed by atoms with E-state index in [2.05, 4.69) is 58.7 Å². The van der Waals surface area contributed by atoms with Crippen LogP contribution in [0.25, 0.3) is 11.1 Å². The van der Waals surface area contributed by atoms with Crippen molar-refractivity contribution in [3.05, 3.63) is 60.2 Å². The molecule has 124 valence electrons. The Labute approximate surface area is 143 Å². The summed E-state index contributed by atoms with van der Waals surface area (Å²) >= 11 is 0. The molecule has 2 aromatic carbocycles. The number of rotatable bonds is 3. The summed E-state index contributed by atoms with van der Waals surface area (Å²) < 4.78 is 0. The number of carbonyl (C=O) groups excluding carboxylic acids is 1. The van der Waals surface area contributed by atoms with Crippen LogP contribution in [0.3, 0.4) is 0 Å². The zero-order chi connectivity index (χ0) is 16.4. The monoisotopic (exact) mass is 320 g/mol. The molecule has 2 fully saturated rings. The number of benzene rings is 2. The maximum atomic E-state index is 12.6. The van der Waals surface area contributed by atoms with Crippen molar-refractivity contribution in [2.45, 2.75) is 12.8 Å². The molecule has 1 amide bonds. The molecule has 1 N–H and O–H groups in total. The maximum absolute atomic E-state index is 12.6. The molecule has 2 aliphatic heterocycles. The van der Waals surface area contributed by atoms with Crippen molar-refractivity contribution < 1.29 is 4.79 Å². The molecular weight excluding hydrogens is 296 g/mol. The van der Waals surface area contributed by atoms with Crippen LogP contribution >= 0.6 is 0 Å². The standard InChI is InChI=1S/C21H24N2O/c24-21(23-14-19-10-11-22-13-20(19)15-23)12-16-6-8-18(9-7-16)17-4-2-1-3-5-17/h1-9,19-20,22H,10-15H2/t19-,20+/m0/s1. The molecule has 3 heteroatoms. The minimum Gasteiger partial charge on any atom is -0.342 e. The summed E-state index contributed by atoms with van der Waals surface area (Å²) in [4.78, 5) is 14.7. The van der Waals surface area contributed by atoms with Crippen LogP contribution in [0.15, 0.2) is 54.6 Å². The van der Waals surface area contributed by atoms with Gasteiger partial charge in [-0.3, -0.25) is 4.79 Å². The molecule has 2 saturated heterocycles. The molecule has 0 bridgehead atoms. The van der Waals surface area contributed by atoms with Crippen molar-refractivity contribution in [2.75, 3.05) is 26.2 Å². The second-order valence-corrected chi connectivity index (χ2v) is 7.05. The number of hydrogen-bond acceptors (Lipinski definition) is 2. The van der Waals surface area contributed by atoms with Crippen LogP contribution in [0.1, 0.15) is 12.0 Å². The zero-order valence-corrected chi connectivity index (χ0v) is 13.9. The molecule has 0 aliphatic carbocycles. The molecule has 0 radical (unpaired) electrons. The average Bonchev–Trinajstić information content (AvgIpc) is 3.07. The normalized spacial score (nSPS) is 23.1. The van der Waals surface area contributed by atoms with E-state index in [-0.39, 0.29) is 5.91 Å². The quantitative estimate of drug-likeness (QED) is 0.943. The molecule has 24 heavy (non-hydrogen) atoms. The van der Waals surface area contributed by atoms with Crippen LogP contribution in [0.4, 0.5) is 0 Å². The summed E-state index contributed by atoms with van der Waals surface area (Å²) in [6.45, 7) is 4.05. The predicted molar refractivity (Wildman–Crippen MR) is 96.6 cm³/mol. The van der Waals surface area contributed by atoms with Gasteiger partial charge in [0.2, 0.25) is 5.91 Å². The third-order valence-electron chi connectivity index (χ3n) is 5.44. The largest absolute Gasteiger partial charge is 0.342 e. The van der Waals surface area contributed by atoms with Crippen LogP contribution in [-0.2, 0) is 11.2 Å². The van der Waals surface area contributed by atoms with E-state index >= 15 is 0 Å². The fourth-order valence-corrected chi connectivity index (χ4v) is 4.01. The summed E-state index contributed by atoms with van der Waals surface area (Å²) in [6, 6.07) is 18.8. The van der Waals surface area contributed by atoms with Crippen molar-refractivity contribution in [1.82, 2.24) is 10.2 Å². The van der Waals surface area contributed by atoms with Gasteiger partial charge in [-0.15, -0.1) is 0 Å². The van der Waals surface area contributed by atoms with Gasteiger partial charge in [0.25, 0.3) is 0 Å². The van der Waals surface area contributed by atoms with E-state index in [9.17, 15) is 4.79 Å². The van der Waals surface area contributed by atoms with E-state index in [1.807, 2.05) is 6.07 Å². The van der Waals surface area contributed by atoms with Crippen molar-refractivity contribution in [3.63, 3.8) is 0 Å². The second-order valence-electron chi connectivity index (χ2n) is 7.05. The zero-order valence-electron chi connectivity index (χ0n) is 13.9. The molecule has 2 aliphatic rings. The van der Waals surface area contributed by atoms with E-state index in [0.717, 1.165) is 31.7 Å². The van der Waals surface area contributed by atoms with E-state index < -0.39 is 0 Å². The van der Waals surface area contributed by atoms with Crippen LogP contribution in [0.2, 0.25) is 0 Å². The van der Waals surface area contributed by atoms with Crippen LogP contribution in [-0.4, -0.2) is 37.0 Å². The first-order valence-electron chi connectivity index (χ1n) is 8.92. The van der Waals surface area contributed by atoms with Crippen molar-refractivity contribution in [1.29, 1.82) is 0 Å². The van der Waals surface area contributed by atoms with Gasteiger partial charge in [0.1, 0.15) is 0 Å². The van der Waals surface area contributed by atoms with Gasteiger partial charge in [-0.05, 0) is 48.0 Å². The Kier molecular flexibility index (Phi) is 4.35. The molecule has 0 unspecified atom stereocenters. The number of piperidine rings is 1. The average molecular weight is 320 g/mol. The molecule has 4 rings (SSSR count). The molecule has 0 spiro atoms. The number of nitrogens with zero attached hydrogens (tertiary/aromatic N) is 1. The van der Waals surface area contributed by atoms with Crippen molar-refractivity contribution >= 4 is 5.91 Å². The molecule has 3 nitrogen and oxygen atoms in total. The number of likely N-dealkylation sites (tertiary alicyclic amines) is 1. The van der Waals surface area contributed by atoms with Gasteiger partial charge < -0.3 is 10.2 Å². The molecule has 0 saturated carbocycles. The Bertz CT molecular complexity index is 682. The van der Waals surface area contributed by atoms with Crippen LogP contribution in [0, 0.1) is 11.8 Å². The molecule has 2 aromatic rings. The summed E-state index contributed by atoms with van der Waals surface area (Å²) in [5.41, 5.74) is 3.52. The highest BCUT2D eigenvalue weighted by atomic mass is 16.2. The summed E-state index contributed by atoms with van der Waals surface area (Å²) in [5, 5.41) is 3.45. The SMILES string of the molecule is O=C(Cc1ccc(-c2ccccc2)cc1)N1C[C@H]2CNCC[C@H]2C1. The fourth-order valence-electron chi connectivity index (χ4n) is 4.01. The van der Waals surface area contributed by atoms with Crippen LogP contribution < -0.4 is 5.32 Å². The smallest absolute Gasteiger partial charge is 0.227 e. The first-order valence-corrected chi connectivity index (χ1v) is 8.92. The van der Waals surface area contributed by atoms with Gasteiger partial charge in [-0.1, -0.05) is 54.6 Å². The first-order chi connectivity index (χ1) is 11.8. The lowest BCUT2D eigenvalue weighted by atomic mass is 9.90. The number of nitrogens with one attached hydrogen (secondary N) is 1. The predicted octanol–water partition coefficient (Wildman–Crippen LogP) is 2.96. The van der Waals surface area contributed by atoms with Crippen molar-refractivity contribution in [2.24, 2.45) is 11.8 Å². The van der Waals surface area contributed by atoms with Crippen molar-refractivity contribution in [3.8, 4) is 11.1 Å². The number of hydrogen-bond donors (Lipinski definition) is 1. The fraction of sp³-hybridized carbons (Fsp3) is 0.381. The van der Waals surface area contributed by atoms with Gasteiger partial charge in [-0.2, -0.15) is 0 Å². The third kappa shape index (κ3) is 3.22. The van der Waals surface area contributed by atoms with E-state index in [1.54, 1.807) is 0 Å². The maximum Gasteiger partial charge on any atom is 0.227 e. The highest BCUT2D eigenvalue weighted by Gasteiger charge is 2.36. The van der Waals surface area contributed by atoms with Gasteiger partial charge in [-0.25, -0.2) is 0 Å². The second kappa shape index (κ2) is 6.78. The van der Waals surface area contributed by atoms with Gasteiger partial charge >= 0.3 is 0 Å². The number of fused-ring (bicyclic) bond motifs is 1. The summed E-state index contributed by atoms with van der Waals surface area (Å²) in [6.07, 6.45) is 1.72. The highest BCUT2D eigenvalue weighted by Crippen LogP contribution is 2.28. The first kappa shape index (κ1) is 15.4. The van der Waals surface area contributed by atoms with Gasteiger partial charge in [0, 0.05) is 13.1 Å². The Balaban J connectivity index is 1.39. The summed E-state index contributed by atoms with van der Waals surface area (Å²) in [7, 11) is 0. The third-order valence-corrected chi connectivity index (χ3v) is 5.44. The topological polar surface area (TPSA) is 32.3 Å². The lowest BCUT2D eigenvalue weighted by Gasteiger charge is -2.23. The Morgan fingerprint density at radius 1 is 0.958 bits per heavy atom. The lowest BCUT2D eigenvalue weighted by Crippen LogP contribution is -2.35. The van der Waals surface area contributed by atoms with Crippen LogP contribution in [0.5, 0.6) is 0 Å². The molecule has 2 atom stereocenters. The Hall–Kier alpha value is -2.13. The molecule has 0 aromatic heterocycles. The van der Waals surface area contributed by atoms with Gasteiger partial charge in [0.15, 0.2) is 0 Å². The number of carbonyl (C=O) groups is 1. The molecular formula is C21H24N2O. The number of amides is 1. The molecule has 2 heterocycles. The Morgan fingerprint density at radius 3 is 2.42 bits per heavy atom. The Morgan fingerprint density at radius 2 is 1.67 bits per heavy atom. The minimum absolute atomic E-state index is 0.275. The van der Waals surface area contributed by atoms with E-state index in [0.29, 0.717) is 18.3 Å². The van der Waals surface area contributed by atoms with E-state index in [4.69, 9.17) is 0 Å². The highest BCUT2D eigenvalue weighted by molar-refractivity contribution is 5.79. The lowest BCUT2D eigenvalue weighted by molar-refractivity contribution is -0.129. The minimum atomic E-state index is 0.275. The summed E-state index contributed by atoms with van der Waals surface area (Å²) in [5.74, 6) is 1.63.